The average Bonchev–Trinajstić information content (AvgIpc) is 2.45. The highest BCUT2D eigenvalue weighted by molar-refractivity contribution is 5.71. The summed E-state index contributed by atoms with van der Waals surface area (Å²) in [6.45, 7) is 7.44. The monoisotopic (exact) mass is 177 g/mol. The summed E-state index contributed by atoms with van der Waals surface area (Å²) in [4.78, 5) is 6.64. The van der Waals surface area contributed by atoms with Crippen LogP contribution in [0, 0.1) is 0 Å². The molecule has 0 bridgehead atoms. The molecule has 70 valence electrons. The molecule has 0 saturated carbocycles. The molecule has 1 aliphatic rings. The summed E-state index contributed by atoms with van der Waals surface area (Å²) in [7, 11) is 0. The van der Waals surface area contributed by atoms with Crippen LogP contribution in [0.2, 0.25) is 0 Å². The van der Waals surface area contributed by atoms with Gasteiger partial charge in [-0.05, 0) is 32.9 Å². The lowest BCUT2D eigenvalue weighted by molar-refractivity contribution is 0.520. The molecule has 1 aromatic rings. The third-order valence-corrected chi connectivity index (χ3v) is 2.28. The van der Waals surface area contributed by atoms with Crippen molar-refractivity contribution in [2.24, 2.45) is 0 Å². The van der Waals surface area contributed by atoms with Crippen molar-refractivity contribution in [2.45, 2.75) is 26.3 Å². The molecule has 0 aromatic carbocycles. The van der Waals surface area contributed by atoms with Crippen molar-refractivity contribution in [3.63, 3.8) is 0 Å². The highest BCUT2D eigenvalue weighted by atomic mass is 15.4. The van der Waals surface area contributed by atoms with E-state index >= 15 is 0 Å². The van der Waals surface area contributed by atoms with Crippen molar-refractivity contribution < 1.29 is 0 Å². The number of nitrogens with one attached hydrogen (secondary N) is 1. The summed E-state index contributed by atoms with van der Waals surface area (Å²) < 4.78 is 0. The lowest BCUT2D eigenvalue weighted by atomic mass is 10.1. The summed E-state index contributed by atoms with van der Waals surface area (Å²) in [5.41, 5.74) is 1.27. The minimum Gasteiger partial charge on any atom is -0.365 e. The molecule has 2 rings (SSSR count). The van der Waals surface area contributed by atoms with Crippen molar-refractivity contribution in [3.8, 4) is 0 Å². The van der Waals surface area contributed by atoms with Crippen molar-refractivity contribution in [1.29, 1.82) is 0 Å². The van der Waals surface area contributed by atoms with Gasteiger partial charge in [0.05, 0.1) is 12.4 Å². The second-order valence-corrected chi connectivity index (χ2v) is 4.31. The van der Waals surface area contributed by atoms with Crippen molar-refractivity contribution in [3.05, 3.63) is 18.3 Å². The van der Waals surface area contributed by atoms with Crippen LogP contribution in [0.15, 0.2) is 18.3 Å². The first-order valence-electron chi connectivity index (χ1n) is 4.55. The fraction of sp³-hybridized carbons (Fsp3) is 0.500. The number of rotatable bonds is 0. The van der Waals surface area contributed by atoms with Crippen LogP contribution in [-0.2, 0) is 0 Å². The number of aromatic nitrogens is 1. The van der Waals surface area contributed by atoms with Gasteiger partial charge in [0, 0.05) is 11.7 Å². The van der Waals surface area contributed by atoms with Crippen LogP contribution in [0.3, 0.4) is 0 Å². The molecule has 0 atom stereocenters. The van der Waals surface area contributed by atoms with E-state index < -0.39 is 0 Å². The zero-order valence-electron chi connectivity index (χ0n) is 8.33. The van der Waals surface area contributed by atoms with Gasteiger partial charge in [0.25, 0.3) is 0 Å². The molecule has 0 fully saturated rings. The highest BCUT2D eigenvalue weighted by Gasteiger charge is 2.28. The Morgan fingerprint density at radius 3 is 2.92 bits per heavy atom. The third-order valence-electron chi connectivity index (χ3n) is 2.28. The largest absolute Gasteiger partial charge is 0.365 e. The van der Waals surface area contributed by atoms with Gasteiger partial charge in [0.2, 0.25) is 0 Å². The molecule has 1 N–H and O–H groups in total. The van der Waals surface area contributed by atoms with Gasteiger partial charge in [-0.2, -0.15) is 0 Å². The number of anilines is 2. The topological polar surface area (TPSA) is 28.2 Å². The van der Waals surface area contributed by atoms with E-state index in [0.29, 0.717) is 0 Å². The Bertz CT molecular complexity index is 314. The zero-order chi connectivity index (χ0) is 9.47. The van der Waals surface area contributed by atoms with Crippen LogP contribution in [0.25, 0.3) is 0 Å². The van der Waals surface area contributed by atoms with Crippen LogP contribution in [0.5, 0.6) is 0 Å². The van der Waals surface area contributed by atoms with Gasteiger partial charge < -0.3 is 10.2 Å². The lowest BCUT2D eigenvalue weighted by Crippen LogP contribution is -2.41. The molecule has 0 radical (unpaired) electrons. The van der Waals surface area contributed by atoms with Crippen LogP contribution in [-0.4, -0.2) is 17.2 Å². The quantitative estimate of drug-likeness (QED) is 0.657. The molecule has 2 heterocycles. The van der Waals surface area contributed by atoms with E-state index in [1.165, 1.54) is 0 Å². The maximum absolute atomic E-state index is 4.37. The minimum absolute atomic E-state index is 0.132. The first-order chi connectivity index (χ1) is 6.09. The number of pyridine rings is 1. The maximum Gasteiger partial charge on any atom is 0.153 e. The SMILES string of the molecule is CC(C)(C)N1CNc2cccnc21. The molecule has 13 heavy (non-hydrogen) atoms. The Kier molecular flexibility index (Phi) is 1.68. The van der Waals surface area contributed by atoms with Crippen LogP contribution in [0.4, 0.5) is 11.5 Å². The van der Waals surface area contributed by atoms with Crippen molar-refractivity contribution >= 4 is 11.5 Å². The summed E-state index contributed by atoms with van der Waals surface area (Å²) in [6, 6.07) is 4.02. The maximum atomic E-state index is 4.37. The Labute approximate surface area is 78.8 Å². The Hall–Kier alpha value is -1.25. The molecule has 0 amide bonds. The summed E-state index contributed by atoms with van der Waals surface area (Å²) >= 11 is 0. The van der Waals surface area contributed by atoms with E-state index in [-0.39, 0.29) is 5.54 Å². The number of hydrogen-bond acceptors (Lipinski definition) is 3. The second kappa shape index (κ2) is 2.62. The second-order valence-electron chi connectivity index (χ2n) is 4.31. The Balaban J connectivity index is 2.39. The summed E-state index contributed by atoms with van der Waals surface area (Å²) in [6.07, 6.45) is 1.84. The molecule has 1 aliphatic heterocycles. The van der Waals surface area contributed by atoms with Gasteiger partial charge in [-0.1, -0.05) is 0 Å². The average molecular weight is 177 g/mol. The molecule has 0 spiro atoms. The van der Waals surface area contributed by atoms with E-state index in [4.69, 9.17) is 0 Å². The van der Waals surface area contributed by atoms with E-state index in [2.05, 4.69) is 42.0 Å². The van der Waals surface area contributed by atoms with Gasteiger partial charge in [0.15, 0.2) is 5.82 Å². The van der Waals surface area contributed by atoms with E-state index in [0.717, 1.165) is 18.2 Å². The van der Waals surface area contributed by atoms with Gasteiger partial charge in [-0.15, -0.1) is 0 Å². The predicted molar refractivity (Wildman–Crippen MR) is 55.0 cm³/mol. The van der Waals surface area contributed by atoms with Gasteiger partial charge >= 0.3 is 0 Å². The number of fused-ring (bicyclic) bond motifs is 1. The predicted octanol–water partition coefficient (Wildman–Crippen LogP) is 2.07. The summed E-state index contributed by atoms with van der Waals surface area (Å²) in [5, 5.41) is 3.32. The molecule has 3 heteroatoms. The highest BCUT2D eigenvalue weighted by Crippen LogP contribution is 2.32. The Morgan fingerprint density at radius 1 is 1.46 bits per heavy atom. The normalized spacial score (nSPS) is 15.5. The number of nitrogens with zero attached hydrogens (tertiary/aromatic N) is 2. The van der Waals surface area contributed by atoms with E-state index in [1.807, 2.05) is 12.3 Å². The van der Waals surface area contributed by atoms with Crippen molar-refractivity contribution in [1.82, 2.24) is 4.98 Å². The van der Waals surface area contributed by atoms with Crippen molar-refractivity contribution in [2.75, 3.05) is 16.9 Å². The van der Waals surface area contributed by atoms with Crippen LogP contribution in [0.1, 0.15) is 20.8 Å². The fourth-order valence-corrected chi connectivity index (χ4v) is 1.54. The van der Waals surface area contributed by atoms with Gasteiger partial charge in [-0.3, -0.25) is 0 Å². The van der Waals surface area contributed by atoms with Gasteiger partial charge in [0.1, 0.15) is 0 Å². The molecular formula is C10H15N3. The molecule has 0 saturated heterocycles. The zero-order valence-corrected chi connectivity index (χ0v) is 8.33. The standard InChI is InChI=1S/C10H15N3/c1-10(2,3)13-7-12-8-5-4-6-11-9(8)13/h4-6,12H,7H2,1-3H3. The molecule has 0 aliphatic carbocycles. The lowest BCUT2D eigenvalue weighted by Gasteiger charge is -2.32. The summed E-state index contributed by atoms with van der Waals surface area (Å²) in [5.74, 6) is 1.06. The number of hydrogen-bond donors (Lipinski definition) is 1. The first kappa shape index (κ1) is 8.35. The minimum atomic E-state index is 0.132. The Morgan fingerprint density at radius 2 is 2.23 bits per heavy atom. The molecule has 0 unspecified atom stereocenters. The fourth-order valence-electron chi connectivity index (χ4n) is 1.54. The van der Waals surface area contributed by atoms with Gasteiger partial charge in [-0.25, -0.2) is 4.98 Å². The molecule has 3 nitrogen and oxygen atoms in total. The van der Waals surface area contributed by atoms with Crippen LogP contribution < -0.4 is 10.2 Å². The smallest absolute Gasteiger partial charge is 0.153 e. The first-order valence-corrected chi connectivity index (χ1v) is 4.55. The molecule has 1 aromatic heterocycles. The van der Waals surface area contributed by atoms with E-state index in [9.17, 15) is 0 Å². The van der Waals surface area contributed by atoms with E-state index in [1.54, 1.807) is 0 Å². The molecular weight excluding hydrogens is 162 g/mol. The van der Waals surface area contributed by atoms with Crippen LogP contribution >= 0.6 is 0 Å². The third kappa shape index (κ3) is 1.34.